The van der Waals surface area contributed by atoms with Crippen molar-refractivity contribution >= 4 is 75.3 Å². The minimum atomic E-state index is 0.623. The Hall–Kier alpha value is -8.26. The zero-order valence-electron chi connectivity index (χ0n) is 33.7. The lowest BCUT2D eigenvalue weighted by Gasteiger charge is -2.12. The number of hydrogen-bond acceptors (Lipinski definition) is 5. The van der Waals surface area contributed by atoms with E-state index in [1.165, 1.54) is 31.1 Å². The molecule has 0 aliphatic heterocycles. The van der Waals surface area contributed by atoms with E-state index in [4.69, 9.17) is 19.9 Å². The standard InChI is InChI=1S/C56H34N6S/c1-3-12-35(13-4-1)47-32-48(36-14-5-2-6-15-36)60-56(59-47)62-50-19-10-7-16-42(50)44-24-21-38(30-52(44)62)40-28-39(33-57-34-40)37-22-25-51-45(29-37)43-17-8-9-18-49(43)61(51)41-23-26-53-46(31-41)55-54(63-53)20-11-27-58-55/h1-34H. The van der Waals surface area contributed by atoms with Crippen molar-refractivity contribution in [1.82, 2.24) is 29.1 Å². The fourth-order valence-electron chi connectivity index (χ4n) is 9.32. The lowest BCUT2D eigenvalue weighted by atomic mass is 9.99. The molecule has 0 radical (unpaired) electrons. The Labute approximate surface area is 365 Å². The summed E-state index contributed by atoms with van der Waals surface area (Å²) in [6.45, 7) is 0. The van der Waals surface area contributed by atoms with Crippen molar-refractivity contribution in [1.29, 1.82) is 0 Å². The van der Waals surface area contributed by atoms with Crippen molar-refractivity contribution in [2.75, 3.05) is 0 Å². The second-order valence-electron chi connectivity index (χ2n) is 15.9. The first-order valence-corrected chi connectivity index (χ1v) is 21.8. The Morgan fingerprint density at radius 1 is 0.365 bits per heavy atom. The van der Waals surface area contributed by atoms with Crippen molar-refractivity contribution < 1.29 is 0 Å². The summed E-state index contributed by atoms with van der Waals surface area (Å²) in [7, 11) is 0. The molecule has 0 fully saturated rings. The highest BCUT2D eigenvalue weighted by Gasteiger charge is 2.19. The highest BCUT2D eigenvalue weighted by Crippen LogP contribution is 2.40. The van der Waals surface area contributed by atoms with Gasteiger partial charge < -0.3 is 4.57 Å². The number of nitrogens with zero attached hydrogens (tertiary/aromatic N) is 6. The summed E-state index contributed by atoms with van der Waals surface area (Å²) in [6, 6.07) is 66.6. The normalized spacial score (nSPS) is 11.8. The molecule has 7 heteroatoms. The van der Waals surface area contributed by atoms with Gasteiger partial charge in [0.25, 0.3) is 0 Å². The monoisotopic (exact) mass is 822 g/mol. The number of para-hydroxylation sites is 2. The van der Waals surface area contributed by atoms with Gasteiger partial charge in [-0.3, -0.25) is 14.5 Å². The molecule has 6 aromatic heterocycles. The van der Waals surface area contributed by atoms with Crippen LogP contribution in [0.1, 0.15) is 0 Å². The molecule has 0 spiro atoms. The zero-order valence-corrected chi connectivity index (χ0v) is 34.5. The highest BCUT2D eigenvalue weighted by molar-refractivity contribution is 7.25. The Balaban J connectivity index is 0.942. The summed E-state index contributed by atoms with van der Waals surface area (Å²) in [5.41, 5.74) is 14.6. The Kier molecular flexibility index (Phi) is 7.98. The maximum absolute atomic E-state index is 5.25. The third kappa shape index (κ3) is 5.78. The molecule has 0 bridgehead atoms. The van der Waals surface area contributed by atoms with Gasteiger partial charge in [-0.05, 0) is 83.9 Å². The van der Waals surface area contributed by atoms with Gasteiger partial charge in [0, 0.05) is 78.2 Å². The predicted molar refractivity (Wildman–Crippen MR) is 261 cm³/mol. The van der Waals surface area contributed by atoms with Crippen molar-refractivity contribution in [2.24, 2.45) is 0 Å². The van der Waals surface area contributed by atoms with Crippen LogP contribution in [0.15, 0.2) is 207 Å². The molecule has 0 saturated carbocycles. The maximum Gasteiger partial charge on any atom is 0.235 e. The molecule has 6 nitrogen and oxygen atoms in total. The Bertz CT molecular complexity index is 3860. The molecule has 13 aromatic rings. The van der Waals surface area contributed by atoms with E-state index in [9.17, 15) is 0 Å². The molecule has 294 valence electrons. The van der Waals surface area contributed by atoms with Gasteiger partial charge in [-0.25, -0.2) is 9.97 Å². The molecule has 63 heavy (non-hydrogen) atoms. The average molecular weight is 823 g/mol. The SMILES string of the molecule is c1ccc(-c2cc(-c3ccccc3)nc(-n3c4ccccc4c4ccc(-c5cncc(-c6ccc7c(c6)c6ccccc6n7-c6ccc7sc8cccnc8c7c6)c5)cc43)n2)cc1. The van der Waals surface area contributed by atoms with E-state index >= 15 is 0 Å². The summed E-state index contributed by atoms with van der Waals surface area (Å²) in [4.78, 5) is 20.1. The topological polar surface area (TPSA) is 61.4 Å². The molecule has 7 aromatic carbocycles. The molecule has 0 amide bonds. The maximum atomic E-state index is 5.25. The van der Waals surface area contributed by atoms with Crippen LogP contribution in [0, 0.1) is 0 Å². The van der Waals surface area contributed by atoms with E-state index in [1.807, 2.05) is 36.8 Å². The number of hydrogen-bond donors (Lipinski definition) is 0. The third-order valence-corrected chi connectivity index (χ3v) is 13.4. The van der Waals surface area contributed by atoms with E-state index in [0.717, 1.165) is 83.3 Å². The molecule has 0 unspecified atom stereocenters. The zero-order chi connectivity index (χ0) is 41.4. The summed E-state index contributed by atoms with van der Waals surface area (Å²) < 4.78 is 7.04. The molecule has 0 saturated heterocycles. The van der Waals surface area contributed by atoms with Crippen LogP contribution >= 0.6 is 11.3 Å². The second-order valence-corrected chi connectivity index (χ2v) is 17.0. The van der Waals surface area contributed by atoms with Crippen LogP contribution in [0.3, 0.4) is 0 Å². The Morgan fingerprint density at radius 3 is 1.73 bits per heavy atom. The van der Waals surface area contributed by atoms with Crippen LogP contribution in [-0.2, 0) is 0 Å². The van der Waals surface area contributed by atoms with Crippen molar-refractivity contribution in [2.45, 2.75) is 0 Å². The molecule has 0 aliphatic carbocycles. The fourth-order valence-corrected chi connectivity index (χ4v) is 10.4. The van der Waals surface area contributed by atoms with Crippen LogP contribution in [0.2, 0.25) is 0 Å². The minimum absolute atomic E-state index is 0.623. The van der Waals surface area contributed by atoms with Crippen molar-refractivity contribution in [3.63, 3.8) is 0 Å². The molecule has 0 aliphatic rings. The first-order valence-electron chi connectivity index (χ1n) is 21.0. The van der Waals surface area contributed by atoms with E-state index in [1.54, 1.807) is 11.3 Å². The van der Waals surface area contributed by atoms with Crippen LogP contribution in [0.5, 0.6) is 0 Å². The Morgan fingerprint density at radius 2 is 0.984 bits per heavy atom. The van der Waals surface area contributed by atoms with Crippen LogP contribution in [0.4, 0.5) is 0 Å². The largest absolute Gasteiger partial charge is 0.309 e. The number of benzene rings is 7. The minimum Gasteiger partial charge on any atom is -0.309 e. The van der Waals surface area contributed by atoms with Gasteiger partial charge in [0.05, 0.1) is 43.7 Å². The second kappa shape index (κ2) is 14.2. The van der Waals surface area contributed by atoms with Gasteiger partial charge >= 0.3 is 0 Å². The molecule has 6 heterocycles. The number of thiophene rings is 1. The highest BCUT2D eigenvalue weighted by atomic mass is 32.1. The van der Waals surface area contributed by atoms with Gasteiger partial charge in [0.15, 0.2) is 0 Å². The molecular weight excluding hydrogens is 789 g/mol. The van der Waals surface area contributed by atoms with Gasteiger partial charge in [0.2, 0.25) is 5.95 Å². The summed E-state index contributed by atoms with van der Waals surface area (Å²) in [6.07, 6.45) is 5.81. The molecule has 0 atom stereocenters. The number of rotatable bonds is 6. The fraction of sp³-hybridized carbons (Fsp3) is 0. The van der Waals surface area contributed by atoms with E-state index < -0.39 is 0 Å². The van der Waals surface area contributed by atoms with Gasteiger partial charge in [0.1, 0.15) is 0 Å². The average Bonchev–Trinajstić information content (AvgIpc) is 4.01. The van der Waals surface area contributed by atoms with E-state index in [-0.39, 0.29) is 0 Å². The van der Waals surface area contributed by atoms with Crippen molar-refractivity contribution in [3.8, 4) is 56.4 Å². The predicted octanol–water partition coefficient (Wildman–Crippen LogP) is 14.5. The number of aromatic nitrogens is 6. The molecule has 0 N–H and O–H groups in total. The molecular formula is C56H34N6S. The molecule has 13 rings (SSSR count). The smallest absolute Gasteiger partial charge is 0.235 e. The van der Waals surface area contributed by atoms with Crippen LogP contribution in [-0.4, -0.2) is 29.1 Å². The summed E-state index contributed by atoms with van der Waals surface area (Å²) in [5, 5.41) is 5.87. The quantitative estimate of drug-likeness (QED) is 0.168. The van der Waals surface area contributed by atoms with Gasteiger partial charge in [-0.2, -0.15) is 0 Å². The lowest BCUT2D eigenvalue weighted by molar-refractivity contribution is 0.996. The summed E-state index contributed by atoms with van der Waals surface area (Å²) >= 11 is 1.79. The van der Waals surface area contributed by atoms with Crippen LogP contribution < -0.4 is 0 Å². The number of pyridine rings is 2. The first kappa shape index (κ1) is 35.5. The van der Waals surface area contributed by atoms with Gasteiger partial charge in [-0.1, -0.05) is 115 Å². The number of fused-ring (bicyclic) bond motifs is 9. The van der Waals surface area contributed by atoms with Gasteiger partial charge in [-0.15, -0.1) is 11.3 Å². The van der Waals surface area contributed by atoms with Crippen molar-refractivity contribution in [3.05, 3.63) is 207 Å². The van der Waals surface area contributed by atoms with E-state index in [2.05, 4.69) is 179 Å². The third-order valence-electron chi connectivity index (χ3n) is 12.3. The summed E-state index contributed by atoms with van der Waals surface area (Å²) in [5.74, 6) is 0.623. The lowest BCUT2D eigenvalue weighted by Crippen LogP contribution is -2.04. The van der Waals surface area contributed by atoms with Crippen LogP contribution in [0.25, 0.3) is 120 Å². The first-order chi connectivity index (χ1) is 31.2. The van der Waals surface area contributed by atoms with E-state index in [0.29, 0.717) is 5.95 Å².